The van der Waals surface area contributed by atoms with Crippen LogP contribution in [0.15, 0.2) is 24.4 Å². The maximum atomic E-state index is 12.3. The van der Waals surface area contributed by atoms with Crippen molar-refractivity contribution in [3.8, 4) is 11.5 Å². The number of nitrogens with zero attached hydrogens (tertiary/aromatic N) is 2. The fourth-order valence-corrected chi connectivity index (χ4v) is 4.62. The predicted molar refractivity (Wildman–Crippen MR) is 122 cm³/mol. The Morgan fingerprint density at radius 2 is 1.75 bits per heavy atom. The zero-order valence-corrected chi connectivity index (χ0v) is 19.8. The molecule has 1 fully saturated rings. The Morgan fingerprint density at radius 1 is 1.12 bits per heavy atom. The molecule has 10 nitrogen and oxygen atoms in total. The molecule has 0 bridgehead atoms. The number of piperidine rings is 1. The van der Waals surface area contributed by atoms with Crippen LogP contribution in [0.4, 0.5) is 10.5 Å². The minimum Gasteiger partial charge on any atom is -0.493 e. The Balaban J connectivity index is 1.67. The van der Waals surface area contributed by atoms with Gasteiger partial charge in [0.05, 0.1) is 19.7 Å². The van der Waals surface area contributed by atoms with Crippen molar-refractivity contribution in [1.82, 2.24) is 14.4 Å². The molecule has 0 unspecified atom stereocenters. The van der Waals surface area contributed by atoms with Gasteiger partial charge in [0.15, 0.2) is 11.5 Å². The van der Waals surface area contributed by atoms with Gasteiger partial charge in [-0.25, -0.2) is 9.52 Å². The average Bonchev–Trinajstić information content (AvgIpc) is 2.70. The highest BCUT2D eigenvalue weighted by Gasteiger charge is 2.27. The SMILES string of the molecule is COc1cc2nccc(N3CCC(NS(=O)(=O)NC(=O)OC(C)(C)C)CC3)c2cc1OC. The number of fused-ring (bicyclic) bond motifs is 1. The Morgan fingerprint density at radius 3 is 2.34 bits per heavy atom. The van der Waals surface area contributed by atoms with Gasteiger partial charge in [0.2, 0.25) is 0 Å². The minimum atomic E-state index is -4.02. The molecule has 0 saturated carbocycles. The van der Waals surface area contributed by atoms with E-state index in [4.69, 9.17) is 14.2 Å². The van der Waals surface area contributed by atoms with Gasteiger partial charge in [0, 0.05) is 42.5 Å². The second-order valence-corrected chi connectivity index (χ2v) is 9.99. The summed E-state index contributed by atoms with van der Waals surface area (Å²) in [6, 6.07) is 5.37. The van der Waals surface area contributed by atoms with Gasteiger partial charge in [-0.15, -0.1) is 0 Å². The van der Waals surface area contributed by atoms with Gasteiger partial charge in [-0.05, 0) is 45.7 Å². The fraction of sp³-hybridized carbons (Fsp3) is 0.524. The van der Waals surface area contributed by atoms with Crippen molar-refractivity contribution in [3.63, 3.8) is 0 Å². The van der Waals surface area contributed by atoms with E-state index >= 15 is 0 Å². The van der Waals surface area contributed by atoms with E-state index in [0.717, 1.165) is 16.6 Å². The van der Waals surface area contributed by atoms with Crippen LogP contribution >= 0.6 is 0 Å². The van der Waals surface area contributed by atoms with Gasteiger partial charge in [-0.3, -0.25) is 4.98 Å². The van der Waals surface area contributed by atoms with Gasteiger partial charge in [0.25, 0.3) is 0 Å². The van der Waals surface area contributed by atoms with Gasteiger partial charge in [-0.1, -0.05) is 0 Å². The van der Waals surface area contributed by atoms with Gasteiger partial charge >= 0.3 is 16.3 Å². The molecule has 0 radical (unpaired) electrons. The molecule has 1 aliphatic heterocycles. The van der Waals surface area contributed by atoms with E-state index in [1.165, 1.54) is 0 Å². The number of benzene rings is 1. The molecule has 1 aromatic heterocycles. The molecule has 2 N–H and O–H groups in total. The van der Waals surface area contributed by atoms with Crippen LogP contribution in [-0.4, -0.2) is 58.4 Å². The summed E-state index contributed by atoms with van der Waals surface area (Å²) in [5, 5.41) is 0.927. The Hall–Kier alpha value is -2.79. The predicted octanol–water partition coefficient (Wildman–Crippen LogP) is 2.58. The zero-order valence-electron chi connectivity index (χ0n) is 19.0. The van der Waals surface area contributed by atoms with Crippen LogP contribution in [0.1, 0.15) is 33.6 Å². The third-order valence-electron chi connectivity index (χ3n) is 5.00. The van der Waals surface area contributed by atoms with Crippen LogP contribution in [0.5, 0.6) is 11.5 Å². The molecule has 1 saturated heterocycles. The van der Waals surface area contributed by atoms with Crippen LogP contribution < -0.4 is 23.8 Å². The maximum Gasteiger partial charge on any atom is 0.422 e. The lowest BCUT2D eigenvalue weighted by molar-refractivity contribution is 0.0569. The third-order valence-corrected chi connectivity index (χ3v) is 6.08. The first-order valence-electron chi connectivity index (χ1n) is 10.3. The number of methoxy groups -OCH3 is 2. The highest BCUT2D eigenvalue weighted by Crippen LogP contribution is 2.36. The molecule has 1 aliphatic rings. The summed E-state index contributed by atoms with van der Waals surface area (Å²) in [6.45, 7) is 6.25. The first-order valence-corrected chi connectivity index (χ1v) is 11.8. The summed E-state index contributed by atoms with van der Waals surface area (Å²) in [5.74, 6) is 1.22. The monoisotopic (exact) mass is 466 g/mol. The lowest BCUT2D eigenvalue weighted by atomic mass is 10.0. The van der Waals surface area contributed by atoms with E-state index in [0.29, 0.717) is 37.4 Å². The molecule has 1 amide bonds. The van der Waals surface area contributed by atoms with E-state index < -0.39 is 21.9 Å². The molecule has 2 heterocycles. The quantitative estimate of drug-likeness (QED) is 0.667. The number of hydrogen-bond donors (Lipinski definition) is 2. The van der Waals surface area contributed by atoms with Crippen LogP contribution in [0.2, 0.25) is 0 Å². The van der Waals surface area contributed by atoms with Crippen LogP contribution in [0.3, 0.4) is 0 Å². The van der Waals surface area contributed by atoms with E-state index in [9.17, 15) is 13.2 Å². The van der Waals surface area contributed by atoms with Gasteiger partial charge < -0.3 is 19.1 Å². The van der Waals surface area contributed by atoms with Crippen LogP contribution in [0, 0.1) is 0 Å². The number of amides is 1. The van der Waals surface area contributed by atoms with Crippen molar-refractivity contribution in [3.05, 3.63) is 24.4 Å². The molecule has 0 spiro atoms. The molecule has 3 rings (SSSR count). The number of ether oxygens (including phenoxy) is 3. The molecule has 0 aliphatic carbocycles. The molecule has 2 aromatic rings. The van der Waals surface area contributed by atoms with Crippen molar-refractivity contribution in [2.45, 2.75) is 45.3 Å². The van der Waals surface area contributed by atoms with Crippen molar-refractivity contribution < 1.29 is 27.4 Å². The Kier molecular flexibility index (Phi) is 6.99. The molecule has 176 valence electrons. The number of carbonyl (C=O) groups is 1. The van der Waals surface area contributed by atoms with E-state index in [1.807, 2.05) is 22.9 Å². The van der Waals surface area contributed by atoms with Crippen molar-refractivity contribution >= 4 is 32.9 Å². The molecule has 32 heavy (non-hydrogen) atoms. The summed E-state index contributed by atoms with van der Waals surface area (Å²) in [6.07, 6.45) is 1.89. The summed E-state index contributed by atoms with van der Waals surface area (Å²) >= 11 is 0. The first-order chi connectivity index (χ1) is 15.0. The second-order valence-electron chi connectivity index (χ2n) is 8.54. The van der Waals surface area contributed by atoms with Gasteiger partial charge in [-0.2, -0.15) is 13.1 Å². The largest absolute Gasteiger partial charge is 0.493 e. The van der Waals surface area contributed by atoms with Gasteiger partial charge in [0.1, 0.15) is 5.60 Å². The summed E-state index contributed by atoms with van der Waals surface area (Å²) in [4.78, 5) is 18.4. The highest BCUT2D eigenvalue weighted by molar-refractivity contribution is 7.88. The van der Waals surface area contributed by atoms with E-state index in [-0.39, 0.29) is 6.04 Å². The number of rotatable bonds is 6. The van der Waals surface area contributed by atoms with Crippen LogP contribution in [0.25, 0.3) is 10.9 Å². The van der Waals surface area contributed by atoms with Crippen molar-refractivity contribution in [2.75, 3.05) is 32.2 Å². The number of aromatic nitrogens is 1. The van der Waals surface area contributed by atoms with Crippen molar-refractivity contribution in [1.29, 1.82) is 0 Å². The summed E-state index contributed by atoms with van der Waals surface area (Å²) in [5.41, 5.74) is 0.985. The minimum absolute atomic E-state index is 0.297. The smallest absolute Gasteiger partial charge is 0.422 e. The number of nitrogens with one attached hydrogen (secondary N) is 2. The number of carbonyl (C=O) groups excluding carboxylic acids is 1. The third kappa shape index (κ3) is 5.92. The molecule has 0 atom stereocenters. The van der Waals surface area contributed by atoms with Crippen LogP contribution in [-0.2, 0) is 14.9 Å². The molecule has 1 aromatic carbocycles. The average molecular weight is 467 g/mol. The molecule has 11 heteroatoms. The topological polar surface area (TPSA) is 119 Å². The summed E-state index contributed by atoms with van der Waals surface area (Å²) < 4.78 is 44.8. The molecular weight excluding hydrogens is 436 g/mol. The standard InChI is InChI=1S/C21H30N4O6S/c1-21(2,3)31-20(26)24-32(27,28)23-14-7-10-25(11-8-14)17-6-9-22-16-13-19(30-5)18(29-4)12-15(16)17/h6,9,12-14,23H,7-8,10-11H2,1-5H3,(H,24,26). The number of pyridine rings is 1. The van der Waals surface area contributed by atoms with Crippen molar-refractivity contribution in [2.24, 2.45) is 0 Å². The number of anilines is 1. The van der Waals surface area contributed by atoms with E-state index in [2.05, 4.69) is 14.6 Å². The number of hydrogen-bond acceptors (Lipinski definition) is 8. The molecular formula is C21H30N4O6S. The van der Waals surface area contributed by atoms with E-state index in [1.54, 1.807) is 41.2 Å². The normalized spacial score (nSPS) is 15.5. The first kappa shape index (κ1) is 23.9. The lowest BCUT2D eigenvalue weighted by Crippen LogP contribution is -2.50. The Labute approximate surface area is 188 Å². The maximum absolute atomic E-state index is 12.3. The Bertz CT molecular complexity index is 1080. The fourth-order valence-electron chi connectivity index (χ4n) is 3.63. The summed E-state index contributed by atoms with van der Waals surface area (Å²) in [7, 11) is -0.853. The zero-order chi connectivity index (χ0) is 23.5. The highest BCUT2D eigenvalue weighted by atomic mass is 32.2. The second kappa shape index (κ2) is 9.37. The lowest BCUT2D eigenvalue weighted by Gasteiger charge is -2.34.